The van der Waals surface area contributed by atoms with E-state index in [0.717, 1.165) is 37.2 Å². The number of unbranched alkanes of at least 4 members (excludes halogenated alkanes) is 6. The van der Waals surface area contributed by atoms with Crippen molar-refractivity contribution in [3.63, 3.8) is 0 Å². The quantitative estimate of drug-likeness (QED) is 0.425. The van der Waals surface area contributed by atoms with Crippen molar-refractivity contribution in [3.05, 3.63) is 0 Å². The maximum absolute atomic E-state index is 9.43. The van der Waals surface area contributed by atoms with Crippen molar-refractivity contribution in [2.75, 3.05) is 11.5 Å². The van der Waals surface area contributed by atoms with Crippen LogP contribution in [0.4, 0.5) is 0 Å². The first kappa shape index (κ1) is 17.7. The van der Waals surface area contributed by atoms with Crippen LogP contribution in [0.3, 0.4) is 0 Å². The highest BCUT2D eigenvalue weighted by molar-refractivity contribution is 8.27. The molecule has 0 saturated heterocycles. The molecule has 0 atom stereocenters. The molecule has 0 fully saturated rings. The zero-order valence-electron chi connectivity index (χ0n) is 11.3. The average molecular weight is 284 g/mol. The van der Waals surface area contributed by atoms with Gasteiger partial charge >= 0.3 is 0 Å². The molecule has 0 aromatic rings. The van der Waals surface area contributed by atoms with E-state index in [9.17, 15) is 14.7 Å². The fraction of sp³-hybridized carbons (Fsp3) is 1.00. The normalized spacial score (nSPS) is 12.4. The van der Waals surface area contributed by atoms with E-state index < -0.39 is 16.8 Å². The molecule has 0 heterocycles. The summed E-state index contributed by atoms with van der Waals surface area (Å²) in [7, 11) is -0.571. The van der Waals surface area contributed by atoms with E-state index in [4.69, 9.17) is 0 Å². The molecule has 0 spiro atoms. The molecule has 106 valence electrons. The molecule has 17 heavy (non-hydrogen) atoms. The van der Waals surface area contributed by atoms with Crippen LogP contribution in [-0.4, -0.2) is 26.2 Å². The number of hydrogen-bond acceptors (Lipinski definition) is 0. The first-order valence-corrected chi connectivity index (χ1v) is 10.6. The van der Waals surface area contributed by atoms with Crippen molar-refractivity contribution in [2.45, 2.75) is 65.2 Å². The maximum Gasteiger partial charge on any atom is 0.277 e. The van der Waals surface area contributed by atoms with Crippen LogP contribution < -0.4 is 0 Å². The Morgan fingerprint density at radius 3 is 1.41 bits per heavy atom. The Morgan fingerprint density at radius 1 is 0.706 bits per heavy atom. The SMILES string of the molecule is CCCCCCS(CCCCCC)=P(O)(O)O. The average Bonchev–Trinajstić information content (AvgIpc) is 2.25. The van der Waals surface area contributed by atoms with Crippen molar-refractivity contribution < 1.29 is 14.7 Å². The van der Waals surface area contributed by atoms with Gasteiger partial charge in [0, 0.05) is 0 Å². The van der Waals surface area contributed by atoms with E-state index in [-0.39, 0.29) is 0 Å². The van der Waals surface area contributed by atoms with E-state index in [1.165, 1.54) is 25.7 Å². The molecule has 3 N–H and O–H groups in total. The van der Waals surface area contributed by atoms with Gasteiger partial charge < -0.3 is 14.7 Å². The highest BCUT2D eigenvalue weighted by atomic mass is 32.5. The fourth-order valence-corrected chi connectivity index (χ4v) is 5.75. The van der Waals surface area contributed by atoms with Gasteiger partial charge in [-0.15, -0.1) is 10.1 Å². The monoisotopic (exact) mass is 284 g/mol. The summed E-state index contributed by atoms with van der Waals surface area (Å²) in [4.78, 5) is 28.3. The Balaban J connectivity index is 4.01. The molecule has 3 nitrogen and oxygen atoms in total. The van der Waals surface area contributed by atoms with Crippen molar-refractivity contribution in [3.8, 4) is 0 Å². The lowest BCUT2D eigenvalue weighted by Gasteiger charge is -2.15. The van der Waals surface area contributed by atoms with E-state index in [1.807, 2.05) is 0 Å². The third-order valence-corrected chi connectivity index (χ3v) is 8.20. The largest absolute Gasteiger partial charge is 0.329 e. The molecule has 0 aromatic heterocycles. The van der Waals surface area contributed by atoms with Crippen LogP contribution in [0.25, 0.3) is 0 Å². The Hall–Kier alpha value is 0.660. The lowest BCUT2D eigenvalue weighted by molar-refractivity contribution is 0.362. The summed E-state index contributed by atoms with van der Waals surface area (Å²) in [6, 6.07) is 0. The molecule has 0 aromatic carbocycles. The van der Waals surface area contributed by atoms with Gasteiger partial charge in [-0.05, 0) is 24.3 Å². The third kappa shape index (κ3) is 10.3. The Kier molecular flexibility index (Phi) is 11.0. The Morgan fingerprint density at radius 2 is 1.12 bits per heavy atom. The van der Waals surface area contributed by atoms with Crippen LogP contribution in [0.2, 0.25) is 0 Å². The highest BCUT2D eigenvalue weighted by Crippen LogP contribution is 2.37. The van der Waals surface area contributed by atoms with Gasteiger partial charge in [0.25, 0.3) is 6.72 Å². The smallest absolute Gasteiger partial charge is 0.277 e. The zero-order valence-corrected chi connectivity index (χ0v) is 13.0. The van der Waals surface area contributed by atoms with Crippen LogP contribution >= 0.6 is 6.72 Å². The van der Waals surface area contributed by atoms with Gasteiger partial charge in [-0.1, -0.05) is 52.4 Å². The standard InChI is InChI=1S/C12H29O3PS/c1-3-5-7-9-11-17(16(13,14)15)12-10-8-6-4-2/h13-15H,3-12H2,1-2H3. The molecule has 0 amide bonds. The summed E-state index contributed by atoms with van der Waals surface area (Å²) in [5, 5.41) is 0. The van der Waals surface area contributed by atoms with Crippen LogP contribution in [0.15, 0.2) is 0 Å². The first-order chi connectivity index (χ1) is 8.02. The lowest BCUT2D eigenvalue weighted by Crippen LogP contribution is -2.06. The van der Waals surface area contributed by atoms with Crippen LogP contribution in [0.5, 0.6) is 0 Å². The number of rotatable bonds is 10. The van der Waals surface area contributed by atoms with Crippen molar-refractivity contribution in [1.29, 1.82) is 0 Å². The molecule has 0 aliphatic carbocycles. The molecular formula is C12H29O3PS. The molecule has 0 bridgehead atoms. The zero-order chi connectivity index (χ0) is 13.1. The van der Waals surface area contributed by atoms with E-state index >= 15 is 0 Å². The van der Waals surface area contributed by atoms with Crippen LogP contribution in [-0.2, 0) is 10.1 Å². The Labute approximate surface area is 108 Å². The molecule has 0 saturated carbocycles. The van der Waals surface area contributed by atoms with Gasteiger partial charge in [0.15, 0.2) is 0 Å². The molecule has 0 rings (SSSR count). The molecule has 0 unspecified atom stereocenters. The van der Waals surface area contributed by atoms with Gasteiger partial charge in [-0.25, -0.2) is 0 Å². The maximum atomic E-state index is 9.43. The van der Waals surface area contributed by atoms with E-state index in [2.05, 4.69) is 13.8 Å². The minimum Gasteiger partial charge on any atom is -0.329 e. The lowest BCUT2D eigenvalue weighted by atomic mass is 10.2. The second-order valence-electron chi connectivity index (χ2n) is 4.51. The first-order valence-electron chi connectivity index (χ1n) is 6.77. The van der Waals surface area contributed by atoms with Gasteiger partial charge in [-0.3, -0.25) is 0 Å². The molecule has 0 aliphatic heterocycles. The van der Waals surface area contributed by atoms with Crippen molar-refractivity contribution in [2.24, 2.45) is 0 Å². The molecule has 5 heteroatoms. The predicted molar refractivity (Wildman–Crippen MR) is 79.0 cm³/mol. The van der Waals surface area contributed by atoms with Crippen molar-refractivity contribution in [1.82, 2.24) is 0 Å². The minimum absolute atomic E-state index is 0.571. The Bertz CT molecular complexity index is 216. The molecule has 0 aliphatic rings. The van der Waals surface area contributed by atoms with Crippen molar-refractivity contribution >= 4 is 16.8 Å². The highest BCUT2D eigenvalue weighted by Gasteiger charge is 2.11. The van der Waals surface area contributed by atoms with E-state index in [0.29, 0.717) is 0 Å². The van der Waals surface area contributed by atoms with Crippen LogP contribution in [0.1, 0.15) is 65.2 Å². The molecule has 0 radical (unpaired) electrons. The summed E-state index contributed by atoms with van der Waals surface area (Å²) in [5.74, 6) is 1.56. The summed E-state index contributed by atoms with van der Waals surface area (Å²) in [5.41, 5.74) is 0. The summed E-state index contributed by atoms with van der Waals surface area (Å²) >= 11 is 0. The van der Waals surface area contributed by atoms with Gasteiger partial charge in [0.1, 0.15) is 0 Å². The predicted octanol–water partition coefficient (Wildman–Crippen LogP) is 3.42. The number of hydrogen-bond donors (Lipinski definition) is 3. The van der Waals surface area contributed by atoms with E-state index in [1.54, 1.807) is 0 Å². The topological polar surface area (TPSA) is 60.7 Å². The van der Waals surface area contributed by atoms with Gasteiger partial charge in [-0.2, -0.15) is 0 Å². The fourth-order valence-electron chi connectivity index (χ4n) is 1.74. The second kappa shape index (κ2) is 10.6. The van der Waals surface area contributed by atoms with Crippen LogP contribution in [0, 0.1) is 0 Å². The summed E-state index contributed by atoms with van der Waals surface area (Å²) in [6.45, 7) is 0.722. The minimum atomic E-state index is -3.60. The third-order valence-electron chi connectivity index (χ3n) is 2.81. The summed E-state index contributed by atoms with van der Waals surface area (Å²) < 4.78 is 0. The second-order valence-corrected chi connectivity index (χ2v) is 10.3. The molecular weight excluding hydrogens is 255 g/mol. The van der Waals surface area contributed by atoms with Gasteiger partial charge in [0.05, 0.1) is 0 Å². The summed E-state index contributed by atoms with van der Waals surface area (Å²) in [6.07, 6.45) is 9.04. The van der Waals surface area contributed by atoms with Gasteiger partial charge in [0.2, 0.25) is 0 Å².